The largest absolute Gasteiger partial charge is 0.346 e. The molecule has 0 radical (unpaired) electrons. The molecule has 0 saturated carbocycles. The van der Waals surface area contributed by atoms with Gasteiger partial charge in [-0.05, 0) is 44.0 Å². The van der Waals surface area contributed by atoms with E-state index in [1.165, 1.54) is 24.3 Å². The molecule has 0 aliphatic heterocycles. The van der Waals surface area contributed by atoms with Crippen LogP contribution in [0.1, 0.15) is 27.7 Å². The Kier molecular flexibility index (Phi) is 9.79. The zero-order chi connectivity index (χ0) is 19.2. The van der Waals surface area contributed by atoms with Crippen LogP contribution in [0.15, 0.2) is 29.2 Å². The quantitative estimate of drug-likeness (QED) is 0.508. The fourth-order valence-electron chi connectivity index (χ4n) is 1.89. The van der Waals surface area contributed by atoms with E-state index in [-0.39, 0.29) is 35.8 Å². The maximum absolute atomic E-state index is 12.0. The average Bonchev–Trinajstić information content (AvgIpc) is 2.51. The van der Waals surface area contributed by atoms with Gasteiger partial charge < -0.3 is 16.4 Å². The highest BCUT2D eigenvalue weighted by Gasteiger charge is 2.18. The van der Waals surface area contributed by atoms with Crippen LogP contribution in [-0.2, 0) is 19.6 Å². The van der Waals surface area contributed by atoms with Gasteiger partial charge in [-0.25, -0.2) is 13.1 Å². The van der Waals surface area contributed by atoms with Crippen molar-refractivity contribution in [3.63, 3.8) is 0 Å². The van der Waals surface area contributed by atoms with E-state index in [4.69, 9.17) is 5.73 Å². The number of nitrogens with one attached hydrogen (secondary N) is 3. The molecule has 0 spiro atoms. The van der Waals surface area contributed by atoms with E-state index in [1.54, 1.807) is 13.8 Å². The number of benzene rings is 1. The lowest BCUT2D eigenvalue weighted by Gasteiger charge is -2.15. The van der Waals surface area contributed by atoms with E-state index in [2.05, 4.69) is 15.4 Å². The molecule has 1 aromatic carbocycles. The molecule has 1 rings (SSSR count). The molecule has 0 aliphatic rings. The molecular formula is C16H27ClN4O4S. The number of carbonyl (C=O) groups excluding carboxylic acids is 2. The number of hydrogen-bond donors (Lipinski definition) is 4. The fourth-order valence-corrected chi connectivity index (χ4v) is 3.14. The molecule has 5 N–H and O–H groups in total. The molecule has 0 heterocycles. The van der Waals surface area contributed by atoms with E-state index in [0.717, 1.165) is 0 Å². The van der Waals surface area contributed by atoms with Gasteiger partial charge >= 0.3 is 0 Å². The minimum absolute atomic E-state index is 0. The van der Waals surface area contributed by atoms with Crippen LogP contribution >= 0.6 is 12.4 Å². The molecule has 0 saturated heterocycles. The summed E-state index contributed by atoms with van der Waals surface area (Å²) in [6, 6.07) is 4.86. The summed E-state index contributed by atoms with van der Waals surface area (Å²) in [6.07, 6.45) is 0. The number of carbonyl (C=O) groups is 2. The van der Waals surface area contributed by atoms with Gasteiger partial charge in [-0.3, -0.25) is 9.59 Å². The normalized spacial score (nSPS) is 12.4. The van der Waals surface area contributed by atoms with Gasteiger partial charge in [0.2, 0.25) is 21.8 Å². The Balaban J connectivity index is 0.00000625. The monoisotopic (exact) mass is 406 g/mol. The minimum Gasteiger partial charge on any atom is -0.346 e. The molecule has 1 atom stereocenters. The van der Waals surface area contributed by atoms with Crippen LogP contribution in [0.4, 0.5) is 5.69 Å². The zero-order valence-electron chi connectivity index (χ0n) is 15.3. The lowest BCUT2D eigenvalue weighted by atomic mass is 10.1. The number of anilines is 1. The lowest BCUT2D eigenvalue weighted by Crippen LogP contribution is -2.46. The van der Waals surface area contributed by atoms with E-state index < -0.39 is 27.9 Å². The SMILES string of the molecule is CC(C)NS(=O)(=O)c1ccc(NC(=O)CNC(=O)[C@@H](N)C(C)C)cc1.Cl. The summed E-state index contributed by atoms with van der Waals surface area (Å²) in [5, 5.41) is 5.03. The van der Waals surface area contributed by atoms with Crippen molar-refractivity contribution in [2.75, 3.05) is 11.9 Å². The molecule has 0 aliphatic carbocycles. The van der Waals surface area contributed by atoms with Gasteiger partial charge in [0.05, 0.1) is 17.5 Å². The van der Waals surface area contributed by atoms with Gasteiger partial charge in [-0.1, -0.05) is 13.8 Å². The smallest absolute Gasteiger partial charge is 0.243 e. The van der Waals surface area contributed by atoms with Crippen LogP contribution in [0.5, 0.6) is 0 Å². The summed E-state index contributed by atoms with van der Waals surface area (Å²) in [5.74, 6) is -0.858. The summed E-state index contributed by atoms with van der Waals surface area (Å²) in [7, 11) is -3.58. The van der Waals surface area contributed by atoms with Gasteiger partial charge in [-0.2, -0.15) is 0 Å². The van der Waals surface area contributed by atoms with Crippen LogP contribution in [0, 0.1) is 5.92 Å². The number of sulfonamides is 1. The summed E-state index contributed by atoms with van der Waals surface area (Å²) < 4.78 is 26.5. The van der Waals surface area contributed by atoms with Crippen molar-refractivity contribution in [3.8, 4) is 0 Å². The maximum Gasteiger partial charge on any atom is 0.243 e. The minimum atomic E-state index is -3.58. The highest BCUT2D eigenvalue weighted by atomic mass is 35.5. The van der Waals surface area contributed by atoms with Gasteiger partial charge in [0, 0.05) is 11.7 Å². The van der Waals surface area contributed by atoms with Crippen LogP contribution in [0.3, 0.4) is 0 Å². The van der Waals surface area contributed by atoms with Crippen molar-refractivity contribution in [2.45, 2.75) is 44.7 Å². The maximum atomic E-state index is 12.0. The fraction of sp³-hybridized carbons (Fsp3) is 0.500. The third-order valence-corrected chi connectivity index (χ3v) is 4.96. The first-order chi connectivity index (χ1) is 11.5. The van der Waals surface area contributed by atoms with Crippen molar-refractivity contribution in [1.29, 1.82) is 0 Å². The second-order valence-corrected chi connectivity index (χ2v) is 8.05. The Morgan fingerprint density at radius 1 is 1.08 bits per heavy atom. The average molecular weight is 407 g/mol. The van der Waals surface area contributed by atoms with Gasteiger partial charge in [0.15, 0.2) is 0 Å². The topological polar surface area (TPSA) is 130 Å². The molecule has 0 unspecified atom stereocenters. The number of amides is 2. The van der Waals surface area contributed by atoms with Crippen LogP contribution in [-0.4, -0.2) is 38.9 Å². The predicted molar refractivity (Wildman–Crippen MR) is 104 cm³/mol. The Hall–Kier alpha value is -1.68. The van der Waals surface area contributed by atoms with E-state index in [9.17, 15) is 18.0 Å². The lowest BCUT2D eigenvalue weighted by molar-refractivity contribution is -0.125. The standard InChI is InChI=1S/C16H26N4O4S.ClH/c1-10(2)15(17)16(22)18-9-14(21)19-12-5-7-13(8-6-12)25(23,24)20-11(3)4;/h5-8,10-11,15,20H,9,17H2,1-4H3,(H,18,22)(H,19,21);1H/t15-;/m0./s1. The first kappa shape index (κ1) is 24.3. The second kappa shape index (κ2) is 10.5. The summed E-state index contributed by atoms with van der Waals surface area (Å²) in [4.78, 5) is 23.6. The second-order valence-electron chi connectivity index (χ2n) is 6.34. The molecule has 0 bridgehead atoms. The third kappa shape index (κ3) is 7.69. The van der Waals surface area contributed by atoms with Gasteiger partial charge in [0.25, 0.3) is 0 Å². The molecule has 10 heteroatoms. The van der Waals surface area contributed by atoms with Crippen molar-refractivity contribution < 1.29 is 18.0 Å². The third-order valence-electron chi connectivity index (χ3n) is 3.28. The number of hydrogen-bond acceptors (Lipinski definition) is 5. The molecule has 0 fully saturated rings. The summed E-state index contributed by atoms with van der Waals surface area (Å²) in [6.45, 7) is 6.87. The molecule has 8 nitrogen and oxygen atoms in total. The molecular weight excluding hydrogens is 380 g/mol. The van der Waals surface area contributed by atoms with E-state index >= 15 is 0 Å². The van der Waals surface area contributed by atoms with Crippen LogP contribution < -0.4 is 21.1 Å². The van der Waals surface area contributed by atoms with Gasteiger partial charge in [0.1, 0.15) is 0 Å². The molecule has 2 amide bonds. The number of rotatable bonds is 8. The van der Waals surface area contributed by atoms with Crippen LogP contribution in [0.2, 0.25) is 0 Å². The highest BCUT2D eigenvalue weighted by molar-refractivity contribution is 7.89. The predicted octanol–water partition coefficient (Wildman–Crippen LogP) is 0.833. The summed E-state index contributed by atoms with van der Waals surface area (Å²) in [5.41, 5.74) is 6.11. The van der Waals surface area contributed by atoms with Crippen molar-refractivity contribution in [3.05, 3.63) is 24.3 Å². The highest BCUT2D eigenvalue weighted by Crippen LogP contribution is 2.14. The molecule has 148 valence electrons. The van der Waals surface area contributed by atoms with E-state index in [1.807, 2.05) is 13.8 Å². The molecule has 1 aromatic rings. The Morgan fingerprint density at radius 3 is 2.08 bits per heavy atom. The van der Waals surface area contributed by atoms with Crippen molar-refractivity contribution in [2.24, 2.45) is 11.7 Å². The molecule has 26 heavy (non-hydrogen) atoms. The van der Waals surface area contributed by atoms with Crippen molar-refractivity contribution in [1.82, 2.24) is 10.0 Å². The summed E-state index contributed by atoms with van der Waals surface area (Å²) >= 11 is 0. The Bertz CT molecular complexity index is 705. The number of halogens is 1. The Morgan fingerprint density at radius 2 is 1.62 bits per heavy atom. The molecule has 0 aromatic heterocycles. The Labute approximate surface area is 160 Å². The van der Waals surface area contributed by atoms with E-state index in [0.29, 0.717) is 5.69 Å². The zero-order valence-corrected chi connectivity index (χ0v) is 16.9. The van der Waals surface area contributed by atoms with Crippen molar-refractivity contribution >= 4 is 39.9 Å². The van der Waals surface area contributed by atoms with Crippen LogP contribution in [0.25, 0.3) is 0 Å². The van der Waals surface area contributed by atoms with Gasteiger partial charge in [-0.15, -0.1) is 12.4 Å². The number of nitrogens with two attached hydrogens (primary N) is 1. The first-order valence-corrected chi connectivity index (χ1v) is 9.46. The first-order valence-electron chi connectivity index (χ1n) is 7.98.